The molecule has 1 N–H and O–H groups in total. The van der Waals surface area contributed by atoms with Crippen molar-refractivity contribution in [3.05, 3.63) is 52.0 Å². The molecule has 1 amide bonds. The zero-order valence-electron chi connectivity index (χ0n) is 14.4. The maximum absolute atomic E-state index is 12.1. The number of carbonyl (C=O) groups excluding carboxylic acids is 1. The maximum Gasteiger partial charge on any atom is 0.271 e. The summed E-state index contributed by atoms with van der Waals surface area (Å²) in [6.07, 6.45) is 1.48. The Hall–Kier alpha value is -2.73. The van der Waals surface area contributed by atoms with Gasteiger partial charge < -0.3 is 14.2 Å². The van der Waals surface area contributed by atoms with Gasteiger partial charge in [0.25, 0.3) is 5.91 Å². The molecule has 6 nitrogen and oxygen atoms in total. The highest BCUT2D eigenvalue weighted by Gasteiger charge is 2.12. The average molecular weight is 363 g/mol. The van der Waals surface area contributed by atoms with E-state index in [1.807, 2.05) is 6.92 Å². The lowest BCUT2D eigenvalue weighted by Crippen LogP contribution is -2.17. The van der Waals surface area contributed by atoms with Gasteiger partial charge in [-0.15, -0.1) is 0 Å². The summed E-state index contributed by atoms with van der Waals surface area (Å²) >= 11 is 6.03. The largest absolute Gasteiger partial charge is 0.493 e. The maximum atomic E-state index is 12.1. The average Bonchev–Trinajstić information content (AvgIpc) is 2.62. The normalized spacial score (nSPS) is 10.6. The molecule has 0 saturated carbocycles. The number of methoxy groups -OCH3 is 3. The van der Waals surface area contributed by atoms with Crippen LogP contribution >= 0.6 is 11.6 Å². The Bertz CT molecular complexity index is 781. The fourth-order valence-corrected chi connectivity index (χ4v) is 2.32. The van der Waals surface area contributed by atoms with Crippen LogP contribution in [0.4, 0.5) is 0 Å². The van der Waals surface area contributed by atoms with Crippen LogP contribution in [0.25, 0.3) is 0 Å². The molecule has 0 aliphatic carbocycles. The Balaban J connectivity index is 2.16. The lowest BCUT2D eigenvalue weighted by molar-refractivity contribution is 0.0955. The number of rotatable bonds is 6. The molecular formula is C18H19ClN2O4. The number of hydrogen-bond donors (Lipinski definition) is 1. The molecule has 2 rings (SSSR count). The van der Waals surface area contributed by atoms with Gasteiger partial charge in [-0.25, -0.2) is 5.43 Å². The monoisotopic (exact) mass is 362 g/mol. The van der Waals surface area contributed by atoms with E-state index in [2.05, 4.69) is 10.5 Å². The fourth-order valence-electron chi connectivity index (χ4n) is 2.14. The zero-order valence-corrected chi connectivity index (χ0v) is 15.2. The van der Waals surface area contributed by atoms with E-state index in [-0.39, 0.29) is 5.91 Å². The van der Waals surface area contributed by atoms with E-state index >= 15 is 0 Å². The highest BCUT2D eigenvalue weighted by atomic mass is 35.5. The summed E-state index contributed by atoms with van der Waals surface area (Å²) in [5.41, 5.74) is 4.46. The second-order valence-corrected chi connectivity index (χ2v) is 5.53. The molecule has 0 saturated heterocycles. The van der Waals surface area contributed by atoms with Gasteiger partial charge in [0.15, 0.2) is 11.5 Å². The molecule has 2 aromatic rings. The third-order valence-electron chi connectivity index (χ3n) is 3.50. The van der Waals surface area contributed by atoms with Crippen LogP contribution in [0.3, 0.4) is 0 Å². The SMILES string of the molecule is COc1cc(/C=N\NC(=O)c2ccc(C)c(Cl)c2)cc(OC)c1OC. The van der Waals surface area contributed by atoms with Crippen LogP contribution in [-0.2, 0) is 0 Å². The minimum absolute atomic E-state index is 0.356. The molecule has 7 heteroatoms. The van der Waals surface area contributed by atoms with Crippen molar-refractivity contribution in [2.75, 3.05) is 21.3 Å². The van der Waals surface area contributed by atoms with E-state index in [1.54, 1.807) is 30.3 Å². The lowest BCUT2D eigenvalue weighted by atomic mass is 10.1. The van der Waals surface area contributed by atoms with Gasteiger partial charge in [0.2, 0.25) is 5.75 Å². The van der Waals surface area contributed by atoms with Gasteiger partial charge in [-0.2, -0.15) is 5.10 Å². The quantitative estimate of drug-likeness (QED) is 0.631. The minimum atomic E-state index is -0.356. The molecule has 25 heavy (non-hydrogen) atoms. The fraction of sp³-hybridized carbons (Fsp3) is 0.222. The molecule has 0 atom stereocenters. The van der Waals surface area contributed by atoms with Crippen molar-refractivity contribution in [1.82, 2.24) is 5.43 Å². The summed E-state index contributed by atoms with van der Waals surface area (Å²) in [7, 11) is 4.59. The van der Waals surface area contributed by atoms with Crippen LogP contribution in [0.1, 0.15) is 21.5 Å². The number of nitrogens with zero attached hydrogens (tertiary/aromatic N) is 1. The summed E-state index contributed by atoms with van der Waals surface area (Å²) in [6.45, 7) is 1.87. The topological polar surface area (TPSA) is 69.2 Å². The van der Waals surface area contributed by atoms with Gasteiger partial charge >= 0.3 is 0 Å². The van der Waals surface area contributed by atoms with Crippen molar-refractivity contribution >= 4 is 23.7 Å². The van der Waals surface area contributed by atoms with E-state index in [1.165, 1.54) is 27.5 Å². The molecule has 0 radical (unpaired) electrons. The summed E-state index contributed by atoms with van der Waals surface area (Å²) in [5, 5.41) is 4.49. The molecular weight excluding hydrogens is 344 g/mol. The van der Waals surface area contributed by atoms with Crippen LogP contribution in [0, 0.1) is 6.92 Å². The Morgan fingerprint density at radius 3 is 2.24 bits per heavy atom. The summed E-state index contributed by atoms with van der Waals surface area (Å²) in [4.78, 5) is 12.1. The van der Waals surface area contributed by atoms with E-state index in [4.69, 9.17) is 25.8 Å². The van der Waals surface area contributed by atoms with Gasteiger partial charge in [-0.3, -0.25) is 4.79 Å². The number of amides is 1. The highest BCUT2D eigenvalue weighted by Crippen LogP contribution is 2.37. The van der Waals surface area contributed by atoms with E-state index in [0.29, 0.717) is 33.4 Å². The number of hydrazone groups is 1. The standard InChI is InChI=1S/C18H19ClN2O4/c1-11-5-6-13(9-14(11)19)18(22)21-20-10-12-7-15(23-2)17(25-4)16(8-12)24-3/h5-10H,1-4H3,(H,21,22)/b20-10-. The van der Waals surface area contributed by atoms with Gasteiger partial charge in [0.1, 0.15) is 0 Å². The third kappa shape index (κ3) is 4.42. The first-order valence-electron chi connectivity index (χ1n) is 7.39. The number of hydrogen-bond acceptors (Lipinski definition) is 5. The zero-order chi connectivity index (χ0) is 18.4. The van der Waals surface area contributed by atoms with Crippen molar-refractivity contribution in [2.45, 2.75) is 6.92 Å². The second-order valence-electron chi connectivity index (χ2n) is 5.12. The summed E-state index contributed by atoms with van der Waals surface area (Å²) in [5.74, 6) is 1.13. The number of benzene rings is 2. The Morgan fingerprint density at radius 1 is 1.08 bits per heavy atom. The van der Waals surface area contributed by atoms with Crippen LogP contribution in [0.15, 0.2) is 35.4 Å². The van der Waals surface area contributed by atoms with Crippen molar-refractivity contribution in [2.24, 2.45) is 5.10 Å². The van der Waals surface area contributed by atoms with Crippen molar-refractivity contribution in [1.29, 1.82) is 0 Å². The van der Waals surface area contributed by atoms with Gasteiger partial charge in [0.05, 0.1) is 27.5 Å². The van der Waals surface area contributed by atoms with E-state index < -0.39 is 0 Å². The predicted molar refractivity (Wildman–Crippen MR) is 97.3 cm³/mol. The first kappa shape index (κ1) is 18.6. The molecule has 0 aliphatic rings. The highest BCUT2D eigenvalue weighted by molar-refractivity contribution is 6.31. The molecule has 0 bridgehead atoms. The van der Waals surface area contributed by atoms with Gasteiger partial charge in [0, 0.05) is 16.1 Å². The smallest absolute Gasteiger partial charge is 0.271 e. The van der Waals surface area contributed by atoms with Crippen LogP contribution in [0.5, 0.6) is 17.2 Å². The number of ether oxygens (including phenoxy) is 3. The molecule has 0 unspecified atom stereocenters. The molecule has 0 aromatic heterocycles. The number of halogens is 1. The van der Waals surface area contributed by atoms with Crippen LogP contribution in [-0.4, -0.2) is 33.5 Å². The molecule has 0 fully saturated rings. The first-order chi connectivity index (χ1) is 12.0. The number of nitrogens with one attached hydrogen (secondary N) is 1. The minimum Gasteiger partial charge on any atom is -0.493 e. The molecule has 2 aromatic carbocycles. The Kier molecular flexibility index (Phi) is 6.25. The molecule has 0 spiro atoms. The van der Waals surface area contributed by atoms with E-state index in [9.17, 15) is 4.79 Å². The van der Waals surface area contributed by atoms with Crippen LogP contribution < -0.4 is 19.6 Å². The van der Waals surface area contributed by atoms with Gasteiger partial charge in [-0.05, 0) is 36.8 Å². The van der Waals surface area contributed by atoms with Gasteiger partial charge in [-0.1, -0.05) is 17.7 Å². The van der Waals surface area contributed by atoms with Crippen molar-refractivity contribution < 1.29 is 19.0 Å². The number of carbonyl (C=O) groups is 1. The second kappa shape index (κ2) is 8.39. The van der Waals surface area contributed by atoms with Crippen LogP contribution in [0.2, 0.25) is 5.02 Å². The predicted octanol–water partition coefficient (Wildman–Crippen LogP) is 3.44. The molecule has 0 aliphatic heterocycles. The van der Waals surface area contributed by atoms with Crippen molar-refractivity contribution in [3.63, 3.8) is 0 Å². The first-order valence-corrected chi connectivity index (χ1v) is 7.77. The molecule has 132 valence electrons. The summed E-state index contributed by atoms with van der Waals surface area (Å²) < 4.78 is 15.8. The summed E-state index contributed by atoms with van der Waals surface area (Å²) in [6, 6.07) is 8.51. The Morgan fingerprint density at radius 2 is 1.72 bits per heavy atom. The Labute approximate surface area is 151 Å². The van der Waals surface area contributed by atoms with Crippen molar-refractivity contribution in [3.8, 4) is 17.2 Å². The third-order valence-corrected chi connectivity index (χ3v) is 3.91. The number of aryl methyl sites for hydroxylation is 1. The lowest BCUT2D eigenvalue weighted by Gasteiger charge is -2.12. The molecule has 0 heterocycles. The van der Waals surface area contributed by atoms with E-state index in [0.717, 1.165) is 5.56 Å².